The fourth-order valence-electron chi connectivity index (χ4n) is 5.44. The number of halogens is 3. The molecule has 14 heteroatoms. The van der Waals surface area contributed by atoms with Gasteiger partial charge in [-0.25, -0.2) is 4.98 Å². The van der Waals surface area contributed by atoms with Crippen molar-refractivity contribution in [1.29, 1.82) is 0 Å². The summed E-state index contributed by atoms with van der Waals surface area (Å²) in [7, 11) is -1.00. The molecule has 5 rings (SSSR count). The third-order valence-corrected chi connectivity index (χ3v) is 11.0. The van der Waals surface area contributed by atoms with Crippen LogP contribution in [-0.2, 0) is 24.3 Å². The van der Waals surface area contributed by atoms with E-state index in [-0.39, 0.29) is 24.1 Å². The maximum absolute atomic E-state index is 14.1. The number of aromatic hydroxyl groups is 1. The largest absolute Gasteiger partial charge is 0.494 e. The number of aromatic nitrogens is 5. The Kier molecular flexibility index (Phi) is 9.22. The molecule has 238 valence electrons. The molecular weight excluding hydrogens is 606 g/mol. The summed E-state index contributed by atoms with van der Waals surface area (Å²) in [5.74, 6) is -0.754. The van der Waals surface area contributed by atoms with Crippen molar-refractivity contribution < 1.29 is 27.9 Å². The van der Waals surface area contributed by atoms with Gasteiger partial charge >= 0.3 is 6.18 Å². The number of hydrogen-bond acceptors (Lipinski definition) is 8. The SMILES string of the molecule is CCCP(=O)(CCC)c1cccc(Nc2ncc(C(F)(F)F)c(Nc3ccc(-c4cnn(CCO)c4)c4cn(C)c(O)c34)n2)c1. The van der Waals surface area contributed by atoms with Gasteiger partial charge in [-0.1, -0.05) is 32.0 Å². The molecule has 0 aliphatic rings. The topological polar surface area (TPSA) is 130 Å². The second-order valence-corrected chi connectivity index (χ2v) is 14.0. The monoisotopic (exact) mass is 641 g/mol. The van der Waals surface area contributed by atoms with E-state index in [9.17, 15) is 27.9 Å². The first-order valence-electron chi connectivity index (χ1n) is 14.6. The van der Waals surface area contributed by atoms with Crippen LogP contribution in [-0.4, -0.2) is 53.5 Å². The average Bonchev–Trinajstić information content (AvgIpc) is 3.57. The van der Waals surface area contributed by atoms with Crippen molar-refractivity contribution in [1.82, 2.24) is 24.3 Å². The maximum Gasteiger partial charge on any atom is 0.421 e. The van der Waals surface area contributed by atoms with Gasteiger partial charge in [-0.2, -0.15) is 23.3 Å². The Morgan fingerprint density at radius 2 is 1.78 bits per heavy atom. The standard InChI is InChI=1S/C31H35F3N7O3P/c1-4-13-45(44,14-5-2)22-8-6-7-21(15-22)37-30-35-17-25(31(32,33)34)28(39-30)38-26-10-9-23(20-16-36-41(18-20)11-12-42)24-19-40(3)29(43)27(24)26/h6-10,15-19,42-43H,4-5,11-14H2,1-3H3,(H2,35,37,38,39). The zero-order valence-corrected chi connectivity index (χ0v) is 26.0. The first kappa shape index (κ1) is 32.1. The fraction of sp³-hybridized carbons (Fsp3) is 0.323. The lowest BCUT2D eigenvalue weighted by Crippen LogP contribution is -2.14. The lowest BCUT2D eigenvalue weighted by atomic mass is 10.0. The maximum atomic E-state index is 14.1. The minimum Gasteiger partial charge on any atom is -0.494 e. The third-order valence-electron chi connectivity index (χ3n) is 7.49. The first-order chi connectivity index (χ1) is 21.5. The summed E-state index contributed by atoms with van der Waals surface area (Å²) in [6.45, 7) is 4.18. The zero-order valence-electron chi connectivity index (χ0n) is 25.1. The van der Waals surface area contributed by atoms with Crippen molar-refractivity contribution in [2.75, 3.05) is 29.6 Å². The van der Waals surface area contributed by atoms with Crippen LogP contribution in [0.3, 0.4) is 0 Å². The predicted octanol–water partition coefficient (Wildman–Crippen LogP) is 6.84. The summed E-state index contributed by atoms with van der Waals surface area (Å²) in [4.78, 5) is 8.12. The average molecular weight is 642 g/mol. The molecule has 4 N–H and O–H groups in total. The number of nitrogens with one attached hydrogen (secondary N) is 2. The van der Waals surface area contributed by atoms with E-state index in [1.807, 2.05) is 19.9 Å². The Balaban J connectivity index is 1.53. The van der Waals surface area contributed by atoms with Gasteiger partial charge in [0.1, 0.15) is 18.5 Å². The number of hydrogen-bond donors (Lipinski definition) is 4. The van der Waals surface area contributed by atoms with E-state index in [4.69, 9.17) is 0 Å². The Morgan fingerprint density at radius 1 is 1.02 bits per heavy atom. The highest BCUT2D eigenvalue weighted by Gasteiger charge is 2.36. The summed E-state index contributed by atoms with van der Waals surface area (Å²) >= 11 is 0. The smallest absolute Gasteiger partial charge is 0.421 e. The number of anilines is 4. The molecule has 0 unspecified atom stereocenters. The van der Waals surface area contributed by atoms with Gasteiger partial charge in [-0.3, -0.25) is 4.68 Å². The van der Waals surface area contributed by atoms with E-state index >= 15 is 0 Å². The van der Waals surface area contributed by atoms with Crippen molar-refractivity contribution in [2.45, 2.75) is 39.4 Å². The lowest BCUT2D eigenvalue weighted by Gasteiger charge is -2.19. The van der Waals surface area contributed by atoms with Crippen molar-refractivity contribution in [3.8, 4) is 17.0 Å². The number of benzene rings is 2. The van der Waals surface area contributed by atoms with E-state index in [1.165, 1.54) is 4.57 Å². The number of nitrogens with zero attached hydrogens (tertiary/aromatic N) is 5. The molecule has 0 bridgehead atoms. The number of aliphatic hydroxyl groups excluding tert-OH is 1. The molecule has 0 aliphatic heterocycles. The van der Waals surface area contributed by atoms with E-state index in [0.29, 0.717) is 58.0 Å². The van der Waals surface area contributed by atoms with Crippen molar-refractivity contribution in [2.24, 2.45) is 7.05 Å². The minimum absolute atomic E-state index is 0.0905. The summed E-state index contributed by atoms with van der Waals surface area (Å²) in [5.41, 5.74) is 1.02. The molecule has 3 aromatic heterocycles. The molecule has 0 atom stereocenters. The number of aryl methyl sites for hydroxylation is 1. The number of alkyl halides is 3. The predicted molar refractivity (Wildman–Crippen MR) is 170 cm³/mol. The van der Waals surface area contributed by atoms with Gasteiger partial charge in [-0.15, -0.1) is 0 Å². The normalized spacial score (nSPS) is 12.2. The van der Waals surface area contributed by atoms with Crippen LogP contribution in [0.1, 0.15) is 32.3 Å². The second kappa shape index (κ2) is 12.9. The Labute approximate surface area is 258 Å². The molecule has 0 amide bonds. The number of fused-ring (bicyclic) bond motifs is 1. The highest BCUT2D eigenvalue weighted by atomic mass is 31.2. The fourth-order valence-corrected chi connectivity index (χ4v) is 8.36. The third kappa shape index (κ3) is 6.69. The van der Waals surface area contributed by atoms with Crippen LogP contribution in [0, 0.1) is 0 Å². The number of aliphatic hydroxyl groups is 1. The van der Waals surface area contributed by atoms with Crippen LogP contribution < -0.4 is 15.9 Å². The number of rotatable bonds is 12. The molecule has 0 saturated heterocycles. The molecule has 0 fully saturated rings. The lowest BCUT2D eigenvalue weighted by molar-refractivity contribution is -0.137. The summed E-state index contributed by atoms with van der Waals surface area (Å²) < 4.78 is 59.1. The summed E-state index contributed by atoms with van der Waals surface area (Å²) in [6.07, 6.45) is 3.64. The van der Waals surface area contributed by atoms with Crippen LogP contribution in [0.15, 0.2) is 61.2 Å². The van der Waals surface area contributed by atoms with E-state index < -0.39 is 24.7 Å². The van der Waals surface area contributed by atoms with Gasteiger partial charge in [0.15, 0.2) is 0 Å². The Hall–Kier alpha value is -4.35. The van der Waals surface area contributed by atoms with Crippen molar-refractivity contribution in [3.63, 3.8) is 0 Å². The van der Waals surface area contributed by atoms with Crippen LogP contribution in [0.25, 0.3) is 21.9 Å². The molecule has 10 nitrogen and oxygen atoms in total. The molecule has 45 heavy (non-hydrogen) atoms. The molecule has 0 saturated carbocycles. The molecule has 5 aromatic rings. The quantitative estimate of drug-likeness (QED) is 0.109. The van der Waals surface area contributed by atoms with Crippen molar-refractivity contribution in [3.05, 3.63) is 66.7 Å². The highest BCUT2D eigenvalue weighted by Crippen LogP contribution is 2.46. The second-order valence-electron chi connectivity index (χ2n) is 10.8. The van der Waals surface area contributed by atoms with Crippen LogP contribution in [0.2, 0.25) is 0 Å². The Bertz CT molecular complexity index is 1860. The zero-order chi connectivity index (χ0) is 32.4. The van der Waals surface area contributed by atoms with Gasteiger partial charge < -0.3 is 30.0 Å². The van der Waals surface area contributed by atoms with Gasteiger partial charge in [-0.05, 0) is 36.6 Å². The van der Waals surface area contributed by atoms with E-state index in [1.54, 1.807) is 60.7 Å². The van der Waals surface area contributed by atoms with E-state index in [0.717, 1.165) is 12.8 Å². The molecular formula is C31H35F3N7O3P. The van der Waals surface area contributed by atoms with Crippen LogP contribution in [0.4, 0.5) is 36.3 Å². The molecule has 0 spiro atoms. The van der Waals surface area contributed by atoms with Gasteiger partial charge in [0.25, 0.3) is 0 Å². The van der Waals surface area contributed by atoms with Crippen molar-refractivity contribution >= 4 is 46.4 Å². The summed E-state index contributed by atoms with van der Waals surface area (Å²) in [5, 5.41) is 31.7. The van der Waals surface area contributed by atoms with Crippen LogP contribution >= 0.6 is 7.14 Å². The van der Waals surface area contributed by atoms with E-state index in [2.05, 4.69) is 25.7 Å². The molecule has 3 heterocycles. The van der Waals surface area contributed by atoms with Gasteiger partial charge in [0.2, 0.25) is 11.8 Å². The molecule has 0 aliphatic carbocycles. The minimum atomic E-state index is -4.77. The highest BCUT2D eigenvalue weighted by molar-refractivity contribution is 7.71. The summed E-state index contributed by atoms with van der Waals surface area (Å²) in [6, 6.07) is 10.3. The van der Waals surface area contributed by atoms with Gasteiger partial charge in [0.05, 0.1) is 30.4 Å². The van der Waals surface area contributed by atoms with Crippen LogP contribution in [0.5, 0.6) is 5.88 Å². The molecule has 2 aromatic carbocycles. The Morgan fingerprint density at radius 3 is 2.47 bits per heavy atom. The molecule has 0 radical (unpaired) electrons. The first-order valence-corrected chi connectivity index (χ1v) is 16.7. The van der Waals surface area contributed by atoms with Gasteiger partial charge in [0, 0.05) is 59.9 Å².